The number of non-ortho nitro benzene ring substituents is 1. The van der Waals surface area contributed by atoms with Gasteiger partial charge in [-0.15, -0.1) is 0 Å². The van der Waals surface area contributed by atoms with Crippen LogP contribution in [0.25, 0.3) is 0 Å². The number of anilines is 1. The van der Waals surface area contributed by atoms with E-state index in [9.17, 15) is 14.9 Å². The van der Waals surface area contributed by atoms with E-state index in [1.807, 2.05) is 0 Å². The quantitative estimate of drug-likeness (QED) is 0.606. The lowest BCUT2D eigenvalue weighted by Gasteiger charge is -2.12. The number of carbonyl (C=O) groups is 1. The molecule has 0 atom stereocenters. The highest BCUT2D eigenvalue weighted by Crippen LogP contribution is 2.28. The van der Waals surface area contributed by atoms with Crippen molar-refractivity contribution in [2.24, 2.45) is 0 Å². The molecule has 22 heavy (non-hydrogen) atoms. The van der Waals surface area contributed by atoms with Gasteiger partial charge in [0.05, 0.1) is 15.5 Å². The van der Waals surface area contributed by atoms with Crippen LogP contribution in [-0.2, 0) is 0 Å². The molecule has 2 aromatic carbocycles. The lowest BCUT2D eigenvalue weighted by Crippen LogP contribution is -2.14. The molecule has 0 spiro atoms. The van der Waals surface area contributed by atoms with E-state index in [1.165, 1.54) is 12.1 Å². The molecule has 0 saturated carbocycles. The van der Waals surface area contributed by atoms with Gasteiger partial charge in [-0.25, -0.2) is 0 Å². The summed E-state index contributed by atoms with van der Waals surface area (Å²) in [6.07, 6.45) is 0. The number of halogens is 2. The minimum absolute atomic E-state index is 0.00603. The van der Waals surface area contributed by atoms with E-state index in [4.69, 9.17) is 11.6 Å². The highest BCUT2D eigenvalue weighted by molar-refractivity contribution is 9.10. The molecule has 0 radical (unpaired) electrons. The molecule has 0 unspecified atom stereocenters. The molecule has 1 N–H and O–H groups in total. The molecule has 5 nitrogen and oxygen atoms in total. The maximum Gasteiger partial charge on any atom is 0.270 e. The highest BCUT2D eigenvalue weighted by atomic mass is 79.9. The van der Waals surface area contributed by atoms with Crippen LogP contribution in [0.15, 0.2) is 34.8 Å². The van der Waals surface area contributed by atoms with Gasteiger partial charge in [0.2, 0.25) is 0 Å². The summed E-state index contributed by atoms with van der Waals surface area (Å²) in [6.45, 7) is 3.41. The van der Waals surface area contributed by atoms with Crippen molar-refractivity contribution in [3.8, 4) is 0 Å². The van der Waals surface area contributed by atoms with Crippen molar-refractivity contribution in [1.29, 1.82) is 0 Å². The maximum atomic E-state index is 12.4. The molecular formula is C15H12BrClN2O3. The topological polar surface area (TPSA) is 72.2 Å². The fourth-order valence-electron chi connectivity index (χ4n) is 2.10. The van der Waals surface area contributed by atoms with Crippen LogP contribution < -0.4 is 5.32 Å². The lowest BCUT2D eigenvalue weighted by molar-refractivity contribution is -0.384. The molecule has 0 aliphatic carbocycles. The molecule has 0 aliphatic rings. The first-order valence-electron chi connectivity index (χ1n) is 6.31. The number of aryl methyl sites for hydroxylation is 2. The molecule has 0 fully saturated rings. The standard InChI is InChI=1S/C15H12BrClN2O3/c1-8-5-11(19(21)22)6-9(2)14(8)18-15(20)12-7-10(16)3-4-13(12)17/h3-7H,1-2H3,(H,18,20). The fourth-order valence-corrected chi connectivity index (χ4v) is 2.66. The predicted octanol–water partition coefficient (Wildman–Crippen LogP) is 4.88. The molecule has 7 heteroatoms. The first-order chi connectivity index (χ1) is 10.3. The average molecular weight is 384 g/mol. The van der Waals surface area contributed by atoms with Gasteiger partial charge in [-0.1, -0.05) is 27.5 Å². The predicted molar refractivity (Wildman–Crippen MR) is 89.7 cm³/mol. The second kappa shape index (κ2) is 6.46. The van der Waals surface area contributed by atoms with Crippen molar-refractivity contribution < 1.29 is 9.72 Å². The molecule has 0 aromatic heterocycles. The van der Waals surface area contributed by atoms with Crippen molar-refractivity contribution in [2.45, 2.75) is 13.8 Å². The van der Waals surface area contributed by atoms with Crippen LogP contribution in [0.4, 0.5) is 11.4 Å². The molecule has 0 saturated heterocycles. The molecule has 1 amide bonds. The van der Waals surface area contributed by atoms with E-state index in [1.54, 1.807) is 32.0 Å². The van der Waals surface area contributed by atoms with Gasteiger partial charge in [-0.2, -0.15) is 0 Å². The Morgan fingerprint density at radius 2 is 1.82 bits per heavy atom. The summed E-state index contributed by atoms with van der Waals surface area (Å²) in [5.74, 6) is -0.369. The Morgan fingerprint density at radius 1 is 1.23 bits per heavy atom. The SMILES string of the molecule is Cc1cc([N+](=O)[O-])cc(C)c1NC(=O)c1cc(Br)ccc1Cl. The smallest absolute Gasteiger partial charge is 0.270 e. The van der Waals surface area contributed by atoms with Crippen LogP contribution in [-0.4, -0.2) is 10.8 Å². The highest BCUT2D eigenvalue weighted by Gasteiger charge is 2.16. The number of nitro benzene ring substituents is 1. The molecule has 2 aromatic rings. The normalized spacial score (nSPS) is 10.4. The summed E-state index contributed by atoms with van der Waals surface area (Å²) in [6, 6.07) is 7.82. The van der Waals surface area contributed by atoms with Gasteiger partial charge in [0.1, 0.15) is 0 Å². The summed E-state index contributed by atoms with van der Waals surface area (Å²) in [4.78, 5) is 22.7. The zero-order valence-electron chi connectivity index (χ0n) is 11.8. The Bertz CT molecular complexity index is 754. The Balaban J connectivity index is 2.36. The first kappa shape index (κ1) is 16.5. The Kier molecular flexibility index (Phi) is 4.83. The first-order valence-corrected chi connectivity index (χ1v) is 7.48. The van der Waals surface area contributed by atoms with E-state index >= 15 is 0 Å². The fraction of sp³-hybridized carbons (Fsp3) is 0.133. The Morgan fingerprint density at radius 3 is 2.36 bits per heavy atom. The van der Waals surface area contributed by atoms with Gasteiger partial charge < -0.3 is 5.32 Å². The zero-order valence-corrected chi connectivity index (χ0v) is 14.2. The minimum Gasteiger partial charge on any atom is -0.321 e. The monoisotopic (exact) mass is 382 g/mol. The minimum atomic E-state index is -0.462. The average Bonchev–Trinajstić information content (AvgIpc) is 2.44. The molecule has 0 bridgehead atoms. The van der Waals surface area contributed by atoms with Crippen LogP contribution >= 0.6 is 27.5 Å². The van der Waals surface area contributed by atoms with Crippen LogP contribution in [0.3, 0.4) is 0 Å². The number of amides is 1. The number of rotatable bonds is 3. The van der Waals surface area contributed by atoms with Crippen LogP contribution in [0, 0.1) is 24.0 Å². The van der Waals surface area contributed by atoms with Gasteiger partial charge in [0, 0.05) is 22.3 Å². The summed E-state index contributed by atoms with van der Waals surface area (Å²) >= 11 is 9.32. The maximum absolute atomic E-state index is 12.4. The van der Waals surface area contributed by atoms with Gasteiger partial charge in [-0.05, 0) is 43.2 Å². The number of hydrogen-bond acceptors (Lipinski definition) is 3. The van der Waals surface area contributed by atoms with Gasteiger partial charge in [0.25, 0.3) is 11.6 Å². The third-order valence-electron chi connectivity index (χ3n) is 3.14. The Hall–Kier alpha value is -1.92. The second-order valence-electron chi connectivity index (χ2n) is 4.79. The molecule has 2 rings (SSSR count). The molecule has 0 heterocycles. The van der Waals surface area contributed by atoms with Crippen LogP contribution in [0.1, 0.15) is 21.5 Å². The van der Waals surface area contributed by atoms with E-state index in [-0.39, 0.29) is 11.6 Å². The van der Waals surface area contributed by atoms with Gasteiger partial charge in [-0.3, -0.25) is 14.9 Å². The Labute approximate surface area is 140 Å². The summed E-state index contributed by atoms with van der Waals surface area (Å²) in [5, 5.41) is 13.9. The van der Waals surface area contributed by atoms with Crippen molar-refractivity contribution in [3.63, 3.8) is 0 Å². The van der Waals surface area contributed by atoms with Crippen LogP contribution in [0.5, 0.6) is 0 Å². The van der Waals surface area contributed by atoms with Crippen molar-refractivity contribution in [2.75, 3.05) is 5.32 Å². The van der Waals surface area contributed by atoms with Gasteiger partial charge in [0.15, 0.2) is 0 Å². The number of carbonyl (C=O) groups excluding carboxylic acids is 1. The lowest BCUT2D eigenvalue weighted by atomic mass is 10.1. The summed E-state index contributed by atoms with van der Waals surface area (Å²) in [5.41, 5.74) is 2.10. The summed E-state index contributed by atoms with van der Waals surface area (Å²) in [7, 11) is 0. The molecule has 0 aliphatic heterocycles. The second-order valence-corrected chi connectivity index (χ2v) is 6.11. The van der Waals surface area contributed by atoms with E-state index in [0.29, 0.717) is 27.4 Å². The zero-order chi connectivity index (χ0) is 16.4. The van der Waals surface area contributed by atoms with Crippen molar-refractivity contribution in [1.82, 2.24) is 0 Å². The third-order valence-corrected chi connectivity index (χ3v) is 3.96. The van der Waals surface area contributed by atoms with E-state index in [2.05, 4.69) is 21.2 Å². The van der Waals surface area contributed by atoms with E-state index in [0.717, 1.165) is 4.47 Å². The molecule has 114 valence electrons. The number of nitro groups is 1. The van der Waals surface area contributed by atoms with E-state index < -0.39 is 4.92 Å². The van der Waals surface area contributed by atoms with Crippen LogP contribution in [0.2, 0.25) is 5.02 Å². The van der Waals surface area contributed by atoms with Gasteiger partial charge >= 0.3 is 0 Å². The number of nitrogens with zero attached hydrogens (tertiary/aromatic N) is 1. The summed E-state index contributed by atoms with van der Waals surface area (Å²) < 4.78 is 0.735. The molecular weight excluding hydrogens is 372 g/mol. The largest absolute Gasteiger partial charge is 0.321 e. The number of nitrogens with one attached hydrogen (secondary N) is 1. The van der Waals surface area contributed by atoms with Crippen molar-refractivity contribution >= 4 is 44.8 Å². The third kappa shape index (κ3) is 3.45. The number of hydrogen-bond donors (Lipinski definition) is 1. The van der Waals surface area contributed by atoms with Crippen molar-refractivity contribution in [3.05, 3.63) is 66.6 Å². The number of benzene rings is 2.